The van der Waals surface area contributed by atoms with E-state index < -0.39 is 5.41 Å². The van der Waals surface area contributed by atoms with Crippen LogP contribution in [0.15, 0.2) is 54.7 Å². The van der Waals surface area contributed by atoms with Crippen LogP contribution < -0.4 is 10.6 Å². The fourth-order valence-electron chi connectivity index (χ4n) is 3.70. The number of benzene rings is 2. The van der Waals surface area contributed by atoms with Gasteiger partial charge in [0.1, 0.15) is 5.41 Å². The first-order valence-electron chi connectivity index (χ1n) is 9.98. The van der Waals surface area contributed by atoms with Gasteiger partial charge >= 0.3 is 0 Å². The van der Waals surface area contributed by atoms with Gasteiger partial charge in [-0.3, -0.25) is 14.6 Å². The number of amides is 2. The summed E-state index contributed by atoms with van der Waals surface area (Å²) in [5, 5.41) is 6.94. The van der Waals surface area contributed by atoms with Crippen molar-refractivity contribution >= 4 is 34.1 Å². The van der Waals surface area contributed by atoms with Gasteiger partial charge in [-0.1, -0.05) is 50.2 Å². The highest BCUT2D eigenvalue weighted by molar-refractivity contribution is 6.18. The molecular formula is C24H25N3O2. The molecule has 2 aromatic carbocycles. The zero-order chi connectivity index (χ0) is 20.6. The van der Waals surface area contributed by atoms with Crippen molar-refractivity contribution in [2.75, 3.05) is 10.6 Å². The van der Waals surface area contributed by atoms with E-state index in [-0.39, 0.29) is 17.7 Å². The van der Waals surface area contributed by atoms with Crippen LogP contribution in [0, 0.1) is 12.3 Å². The number of nitrogens with zero attached hydrogens (tertiary/aromatic N) is 1. The maximum atomic E-state index is 13.1. The Morgan fingerprint density at radius 1 is 0.966 bits per heavy atom. The monoisotopic (exact) mass is 387 g/mol. The van der Waals surface area contributed by atoms with Gasteiger partial charge < -0.3 is 10.6 Å². The first-order chi connectivity index (χ1) is 13.9. The Kier molecular flexibility index (Phi) is 4.82. The number of aromatic nitrogens is 1. The number of aryl methyl sites for hydroxylation is 1. The van der Waals surface area contributed by atoms with Gasteiger partial charge in [0.25, 0.3) is 0 Å². The maximum Gasteiger partial charge on any atom is 0.240 e. The summed E-state index contributed by atoms with van der Waals surface area (Å²) in [5.41, 5.74) is 3.23. The smallest absolute Gasteiger partial charge is 0.240 e. The van der Waals surface area contributed by atoms with Crippen molar-refractivity contribution in [3.8, 4) is 0 Å². The predicted octanol–water partition coefficient (Wildman–Crippen LogP) is 5.02. The minimum atomic E-state index is -1.02. The van der Waals surface area contributed by atoms with Gasteiger partial charge in [-0.2, -0.15) is 0 Å². The van der Waals surface area contributed by atoms with Crippen molar-refractivity contribution in [3.05, 3.63) is 65.9 Å². The average Bonchev–Trinajstić information content (AvgIpc) is 3.52. The molecule has 2 amide bonds. The molecule has 4 rings (SSSR count). The van der Waals surface area contributed by atoms with Crippen LogP contribution in [0.3, 0.4) is 0 Å². The highest BCUT2D eigenvalue weighted by atomic mass is 16.2. The lowest BCUT2D eigenvalue weighted by Crippen LogP contribution is -2.36. The Labute approximate surface area is 170 Å². The molecule has 1 aliphatic carbocycles. The molecule has 0 unspecified atom stereocenters. The van der Waals surface area contributed by atoms with Gasteiger partial charge in [0.2, 0.25) is 11.8 Å². The van der Waals surface area contributed by atoms with Gasteiger partial charge in [-0.15, -0.1) is 0 Å². The van der Waals surface area contributed by atoms with Crippen molar-refractivity contribution in [2.24, 2.45) is 5.41 Å². The second kappa shape index (κ2) is 7.32. The third-order valence-electron chi connectivity index (χ3n) is 5.67. The standard InChI is InChI=1S/C24H25N3O2/c1-15(2)18-10-4-7-16(3)20(18)27-23(29)24(12-13-24)22(28)26-19-11-5-8-17-9-6-14-25-21(17)19/h4-11,14-15H,12-13H2,1-3H3,(H,26,28)(H,27,29). The fourth-order valence-corrected chi connectivity index (χ4v) is 3.70. The SMILES string of the molecule is Cc1cccc(C(C)C)c1NC(=O)C1(C(=O)Nc2cccc3cccnc23)CC1. The molecule has 1 heterocycles. The van der Waals surface area contributed by atoms with Gasteiger partial charge in [-0.05, 0) is 48.9 Å². The van der Waals surface area contributed by atoms with Crippen molar-refractivity contribution in [3.63, 3.8) is 0 Å². The molecule has 1 aliphatic rings. The highest BCUT2D eigenvalue weighted by Gasteiger charge is 2.56. The summed E-state index contributed by atoms with van der Waals surface area (Å²) in [6.45, 7) is 6.16. The number of hydrogen-bond acceptors (Lipinski definition) is 3. The van der Waals surface area contributed by atoms with Crippen molar-refractivity contribution in [1.82, 2.24) is 4.98 Å². The molecule has 5 nitrogen and oxygen atoms in total. The number of fused-ring (bicyclic) bond motifs is 1. The normalized spacial score (nSPS) is 14.6. The molecule has 3 aromatic rings. The summed E-state index contributed by atoms with van der Waals surface area (Å²) in [6.07, 6.45) is 2.79. The summed E-state index contributed by atoms with van der Waals surface area (Å²) in [7, 11) is 0. The number of pyridine rings is 1. The first-order valence-corrected chi connectivity index (χ1v) is 9.98. The van der Waals surface area contributed by atoms with Crippen LogP contribution in [0.5, 0.6) is 0 Å². The van der Waals surface area contributed by atoms with E-state index in [9.17, 15) is 9.59 Å². The van der Waals surface area contributed by atoms with Gasteiger partial charge in [0.05, 0.1) is 11.2 Å². The van der Waals surface area contributed by atoms with E-state index in [0.29, 0.717) is 18.5 Å². The molecule has 1 fully saturated rings. The predicted molar refractivity (Wildman–Crippen MR) is 116 cm³/mol. The molecule has 0 radical (unpaired) electrons. The molecule has 0 saturated heterocycles. The second-order valence-corrected chi connectivity index (χ2v) is 8.06. The zero-order valence-electron chi connectivity index (χ0n) is 17.0. The topological polar surface area (TPSA) is 71.1 Å². The summed E-state index contributed by atoms with van der Waals surface area (Å²) in [4.78, 5) is 30.6. The van der Waals surface area contributed by atoms with E-state index in [1.807, 2.05) is 55.5 Å². The van der Waals surface area contributed by atoms with Crippen LogP contribution in [-0.4, -0.2) is 16.8 Å². The van der Waals surface area contributed by atoms with Crippen LogP contribution in [0.4, 0.5) is 11.4 Å². The third-order valence-corrected chi connectivity index (χ3v) is 5.67. The molecule has 2 N–H and O–H groups in total. The number of para-hydroxylation sites is 2. The molecule has 0 atom stereocenters. The van der Waals surface area contributed by atoms with Crippen LogP contribution >= 0.6 is 0 Å². The summed E-state index contributed by atoms with van der Waals surface area (Å²) in [5.74, 6) is -0.233. The van der Waals surface area contributed by atoms with Gasteiger partial charge in [0.15, 0.2) is 0 Å². The number of carbonyl (C=O) groups excluding carboxylic acids is 2. The van der Waals surface area contributed by atoms with E-state index in [0.717, 1.165) is 27.7 Å². The van der Waals surface area contributed by atoms with Crippen LogP contribution in [0.1, 0.15) is 43.7 Å². The molecule has 1 saturated carbocycles. The summed E-state index contributed by atoms with van der Waals surface area (Å²) in [6, 6.07) is 15.4. The van der Waals surface area contributed by atoms with Crippen LogP contribution in [-0.2, 0) is 9.59 Å². The Hall–Kier alpha value is -3.21. The highest BCUT2D eigenvalue weighted by Crippen LogP contribution is 2.48. The molecule has 29 heavy (non-hydrogen) atoms. The molecule has 0 aliphatic heterocycles. The lowest BCUT2D eigenvalue weighted by atomic mass is 9.97. The van der Waals surface area contributed by atoms with E-state index in [2.05, 4.69) is 29.5 Å². The molecule has 1 aromatic heterocycles. The fraction of sp³-hybridized carbons (Fsp3) is 0.292. The number of carbonyl (C=O) groups is 2. The number of hydrogen-bond donors (Lipinski definition) is 2. The van der Waals surface area contributed by atoms with Crippen molar-refractivity contribution < 1.29 is 9.59 Å². The number of rotatable bonds is 5. The largest absolute Gasteiger partial charge is 0.325 e. The second-order valence-electron chi connectivity index (χ2n) is 8.06. The van der Waals surface area contributed by atoms with Gasteiger partial charge in [0, 0.05) is 17.3 Å². The molecular weight excluding hydrogens is 362 g/mol. The Bertz CT molecular complexity index is 1090. The van der Waals surface area contributed by atoms with Crippen LogP contribution in [0.2, 0.25) is 0 Å². The van der Waals surface area contributed by atoms with Crippen LogP contribution in [0.25, 0.3) is 10.9 Å². The summed E-state index contributed by atoms with van der Waals surface area (Å²) >= 11 is 0. The van der Waals surface area contributed by atoms with E-state index in [1.165, 1.54) is 0 Å². The average molecular weight is 387 g/mol. The van der Waals surface area contributed by atoms with E-state index in [1.54, 1.807) is 6.20 Å². The lowest BCUT2D eigenvalue weighted by molar-refractivity contribution is -0.131. The minimum absolute atomic E-state index is 0.237. The Morgan fingerprint density at radius 3 is 2.38 bits per heavy atom. The molecule has 0 bridgehead atoms. The third kappa shape index (κ3) is 3.48. The summed E-state index contributed by atoms with van der Waals surface area (Å²) < 4.78 is 0. The molecule has 5 heteroatoms. The van der Waals surface area contributed by atoms with Crippen molar-refractivity contribution in [1.29, 1.82) is 0 Å². The van der Waals surface area contributed by atoms with E-state index >= 15 is 0 Å². The Balaban J connectivity index is 1.58. The molecule has 148 valence electrons. The van der Waals surface area contributed by atoms with Crippen molar-refractivity contribution in [2.45, 2.75) is 39.5 Å². The first kappa shape index (κ1) is 19.1. The molecule has 0 spiro atoms. The minimum Gasteiger partial charge on any atom is -0.325 e. The number of anilines is 2. The number of nitrogens with one attached hydrogen (secondary N) is 2. The van der Waals surface area contributed by atoms with E-state index in [4.69, 9.17) is 0 Å². The maximum absolute atomic E-state index is 13.1. The Morgan fingerprint density at radius 2 is 1.66 bits per heavy atom. The lowest BCUT2D eigenvalue weighted by Gasteiger charge is -2.20. The zero-order valence-corrected chi connectivity index (χ0v) is 17.0. The van der Waals surface area contributed by atoms with Gasteiger partial charge in [-0.25, -0.2) is 0 Å². The quantitative estimate of drug-likeness (QED) is 0.604.